The quantitative estimate of drug-likeness (QED) is 0.386. The molecule has 0 amide bonds. The molecular weight excluding hydrogens is 457 g/mol. The standard InChI is InChI=1S/C25H25F3N6O/c1-3-33-8-10-34(11-9-33)20-6-4-16(13-18(20)26)32-24-23(28)25(30-14-29-24)35-21-7-5-19-17(22(21)27)12-15(2)31-19/h4-7,12-14,31H,3,8-11H2,1-2H3,(H,29,30,32). The Kier molecular flexibility index (Phi) is 6.21. The topological polar surface area (TPSA) is 69.3 Å². The number of hydrogen-bond donors (Lipinski definition) is 2. The van der Waals surface area contributed by atoms with Crippen LogP contribution in [0.15, 0.2) is 42.7 Å². The predicted octanol–water partition coefficient (Wildman–Crippen LogP) is 5.36. The number of benzene rings is 2. The Morgan fingerprint density at radius 2 is 1.80 bits per heavy atom. The Hall–Kier alpha value is -3.79. The van der Waals surface area contributed by atoms with Crippen molar-refractivity contribution in [3.05, 3.63) is 65.9 Å². The molecule has 0 aliphatic carbocycles. The molecule has 1 aliphatic rings. The van der Waals surface area contributed by atoms with Gasteiger partial charge in [0.15, 0.2) is 17.4 Å². The monoisotopic (exact) mass is 482 g/mol. The second-order valence-corrected chi connectivity index (χ2v) is 8.45. The molecule has 2 aromatic carbocycles. The third-order valence-corrected chi connectivity index (χ3v) is 6.17. The van der Waals surface area contributed by atoms with Gasteiger partial charge in [0.2, 0.25) is 5.82 Å². The van der Waals surface area contributed by atoms with Gasteiger partial charge in [0.1, 0.15) is 12.1 Å². The molecule has 10 heteroatoms. The van der Waals surface area contributed by atoms with Crippen LogP contribution >= 0.6 is 0 Å². The van der Waals surface area contributed by atoms with E-state index in [0.717, 1.165) is 44.7 Å². The molecule has 182 valence electrons. The Morgan fingerprint density at radius 3 is 2.54 bits per heavy atom. The van der Waals surface area contributed by atoms with Crippen LogP contribution < -0.4 is 15.0 Å². The molecule has 0 radical (unpaired) electrons. The van der Waals surface area contributed by atoms with Crippen LogP contribution in [0.5, 0.6) is 11.6 Å². The summed E-state index contributed by atoms with van der Waals surface area (Å²) in [5.74, 6) is -2.78. The molecule has 0 unspecified atom stereocenters. The SMILES string of the molecule is CCN1CCN(c2ccc(Nc3ncnc(Oc4ccc5[nH]c(C)cc5c4F)c3F)cc2F)CC1. The van der Waals surface area contributed by atoms with E-state index in [2.05, 4.69) is 32.1 Å². The summed E-state index contributed by atoms with van der Waals surface area (Å²) in [4.78, 5) is 15.0. The summed E-state index contributed by atoms with van der Waals surface area (Å²) in [6, 6.07) is 9.31. The van der Waals surface area contributed by atoms with Crippen molar-refractivity contribution in [1.29, 1.82) is 0 Å². The van der Waals surface area contributed by atoms with Crippen molar-refractivity contribution in [3.63, 3.8) is 0 Å². The average molecular weight is 483 g/mol. The molecule has 3 heterocycles. The van der Waals surface area contributed by atoms with Crippen LogP contribution in [0.1, 0.15) is 12.6 Å². The summed E-state index contributed by atoms with van der Waals surface area (Å²) >= 11 is 0. The summed E-state index contributed by atoms with van der Waals surface area (Å²) in [6.45, 7) is 8.13. The molecule has 35 heavy (non-hydrogen) atoms. The Bertz CT molecular complexity index is 1370. The minimum atomic E-state index is -0.919. The highest BCUT2D eigenvalue weighted by Gasteiger charge is 2.20. The van der Waals surface area contributed by atoms with Gasteiger partial charge in [-0.05, 0) is 49.9 Å². The van der Waals surface area contributed by atoms with Gasteiger partial charge >= 0.3 is 0 Å². The van der Waals surface area contributed by atoms with E-state index in [1.54, 1.807) is 24.3 Å². The number of fused-ring (bicyclic) bond motifs is 1. The molecule has 5 rings (SSSR count). The van der Waals surface area contributed by atoms with E-state index in [1.807, 2.05) is 11.8 Å². The fourth-order valence-electron chi connectivity index (χ4n) is 4.27. The molecule has 7 nitrogen and oxygen atoms in total. The molecule has 0 spiro atoms. The Morgan fingerprint density at radius 1 is 1.00 bits per heavy atom. The first kappa shape index (κ1) is 23.0. The first-order valence-corrected chi connectivity index (χ1v) is 11.4. The van der Waals surface area contributed by atoms with Gasteiger partial charge in [-0.25, -0.2) is 13.8 Å². The van der Waals surface area contributed by atoms with Gasteiger partial charge in [0.25, 0.3) is 5.88 Å². The van der Waals surface area contributed by atoms with Gasteiger partial charge < -0.3 is 24.8 Å². The number of anilines is 3. The molecule has 1 saturated heterocycles. The fourth-order valence-corrected chi connectivity index (χ4v) is 4.27. The van der Waals surface area contributed by atoms with Crippen molar-refractivity contribution in [2.75, 3.05) is 42.9 Å². The maximum absolute atomic E-state index is 15.1. The fraction of sp³-hybridized carbons (Fsp3) is 0.280. The average Bonchev–Trinajstić information content (AvgIpc) is 3.25. The molecule has 2 N–H and O–H groups in total. The number of ether oxygens (including phenoxy) is 1. The summed E-state index contributed by atoms with van der Waals surface area (Å²) in [5.41, 5.74) is 2.22. The highest BCUT2D eigenvalue weighted by Crippen LogP contribution is 2.33. The number of aromatic nitrogens is 3. The van der Waals surface area contributed by atoms with Crippen LogP contribution in [0.3, 0.4) is 0 Å². The molecule has 0 bridgehead atoms. The molecule has 0 atom stereocenters. The van der Waals surface area contributed by atoms with Crippen molar-refractivity contribution < 1.29 is 17.9 Å². The van der Waals surface area contributed by atoms with Crippen LogP contribution in [-0.4, -0.2) is 52.6 Å². The van der Waals surface area contributed by atoms with Crippen LogP contribution in [0.2, 0.25) is 0 Å². The van der Waals surface area contributed by atoms with Gasteiger partial charge in [0.05, 0.1) is 5.69 Å². The van der Waals surface area contributed by atoms with E-state index < -0.39 is 23.3 Å². The number of halogens is 3. The Labute approximate surface area is 200 Å². The first-order valence-electron chi connectivity index (χ1n) is 11.4. The van der Waals surface area contributed by atoms with E-state index in [0.29, 0.717) is 22.3 Å². The predicted molar refractivity (Wildman–Crippen MR) is 129 cm³/mol. The number of H-pyrrole nitrogens is 1. The third kappa shape index (κ3) is 4.61. The normalized spacial score (nSPS) is 14.5. The third-order valence-electron chi connectivity index (χ3n) is 6.17. The Balaban J connectivity index is 1.34. The number of aryl methyl sites for hydroxylation is 1. The van der Waals surface area contributed by atoms with Crippen molar-refractivity contribution >= 4 is 28.1 Å². The number of nitrogens with zero attached hydrogens (tertiary/aromatic N) is 4. The first-order chi connectivity index (χ1) is 16.9. The second kappa shape index (κ2) is 9.46. The summed E-state index contributed by atoms with van der Waals surface area (Å²) in [5, 5.41) is 3.09. The summed E-state index contributed by atoms with van der Waals surface area (Å²) in [7, 11) is 0. The number of nitrogens with one attached hydrogen (secondary N) is 2. The number of hydrogen-bond acceptors (Lipinski definition) is 6. The van der Waals surface area contributed by atoms with E-state index in [-0.39, 0.29) is 11.6 Å². The molecule has 4 aromatic rings. The van der Waals surface area contributed by atoms with E-state index in [4.69, 9.17) is 4.74 Å². The lowest BCUT2D eigenvalue weighted by molar-refractivity contribution is 0.270. The van der Waals surface area contributed by atoms with Crippen LogP contribution in [0, 0.1) is 24.4 Å². The lowest BCUT2D eigenvalue weighted by Crippen LogP contribution is -2.46. The highest BCUT2D eigenvalue weighted by atomic mass is 19.1. The maximum atomic E-state index is 15.1. The zero-order chi connectivity index (χ0) is 24.5. The largest absolute Gasteiger partial charge is 0.433 e. The molecule has 0 saturated carbocycles. The van der Waals surface area contributed by atoms with Gasteiger partial charge in [0, 0.05) is 48.5 Å². The minimum absolute atomic E-state index is 0.168. The summed E-state index contributed by atoms with van der Waals surface area (Å²) < 4.78 is 50.2. The zero-order valence-electron chi connectivity index (χ0n) is 19.4. The van der Waals surface area contributed by atoms with E-state index >= 15 is 4.39 Å². The van der Waals surface area contributed by atoms with Gasteiger partial charge in [-0.15, -0.1) is 0 Å². The van der Waals surface area contributed by atoms with Crippen molar-refractivity contribution in [1.82, 2.24) is 19.9 Å². The van der Waals surface area contributed by atoms with Crippen molar-refractivity contribution in [3.8, 4) is 11.6 Å². The van der Waals surface area contributed by atoms with Gasteiger partial charge in [-0.3, -0.25) is 0 Å². The number of likely N-dealkylation sites (N-methyl/N-ethyl adjacent to an activating group) is 1. The van der Waals surface area contributed by atoms with E-state index in [1.165, 1.54) is 12.1 Å². The van der Waals surface area contributed by atoms with Gasteiger partial charge in [-0.1, -0.05) is 6.92 Å². The van der Waals surface area contributed by atoms with Crippen LogP contribution in [0.4, 0.5) is 30.4 Å². The molecule has 2 aromatic heterocycles. The number of rotatable bonds is 6. The molecule has 1 aliphatic heterocycles. The summed E-state index contributed by atoms with van der Waals surface area (Å²) in [6.07, 6.45) is 1.09. The van der Waals surface area contributed by atoms with Gasteiger partial charge in [-0.2, -0.15) is 9.37 Å². The van der Waals surface area contributed by atoms with Crippen molar-refractivity contribution in [2.45, 2.75) is 13.8 Å². The number of aromatic amines is 1. The van der Waals surface area contributed by atoms with E-state index in [9.17, 15) is 8.78 Å². The lowest BCUT2D eigenvalue weighted by atomic mass is 10.2. The maximum Gasteiger partial charge on any atom is 0.261 e. The molecule has 1 fully saturated rings. The second-order valence-electron chi connectivity index (χ2n) is 8.45. The van der Waals surface area contributed by atoms with Crippen molar-refractivity contribution in [2.24, 2.45) is 0 Å². The minimum Gasteiger partial charge on any atom is -0.433 e. The molecular formula is C25H25F3N6O. The smallest absolute Gasteiger partial charge is 0.261 e. The zero-order valence-corrected chi connectivity index (χ0v) is 19.4. The lowest BCUT2D eigenvalue weighted by Gasteiger charge is -2.35. The van der Waals surface area contributed by atoms with Crippen LogP contribution in [-0.2, 0) is 0 Å². The number of piperazine rings is 1. The highest BCUT2D eigenvalue weighted by molar-refractivity contribution is 5.82. The van der Waals surface area contributed by atoms with Crippen LogP contribution in [0.25, 0.3) is 10.9 Å².